The fourth-order valence-electron chi connectivity index (χ4n) is 4.25. The van der Waals surface area contributed by atoms with Gasteiger partial charge in [0.25, 0.3) is 0 Å². The fraction of sp³-hybridized carbons (Fsp3) is 0.259. The molecule has 5 heteroatoms. The molecule has 1 saturated heterocycles. The van der Waals surface area contributed by atoms with Crippen molar-refractivity contribution in [1.82, 2.24) is 15.2 Å². The van der Waals surface area contributed by atoms with E-state index in [1.165, 1.54) is 11.1 Å². The number of nitrogens with one attached hydrogen (secondary N) is 1. The molecule has 2 aliphatic rings. The minimum Gasteiger partial charge on any atom is -0.439 e. The van der Waals surface area contributed by atoms with E-state index in [1.54, 1.807) is 6.20 Å². The van der Waals surface area contributed by atoms with Crippen LogP contribution in [0.25, 0.3) is 6.08 Å². The number of benzene rings is 2. The molecule has 162 valence electrons. The van der Waals surface area contributed by atoms with Crippen molar-refractivity contribution in [3.8, 4) is 11.6 Å². The minimum atomic E-state index is 0.0678. The molecule has 5 nitrogen and oxygen atoms in total. The molecule has 0 radical (unpaired) electrons. The maximum absolute atomic E-state index is 12.7. The van der Waals surface area contributed by atoms with Gasteiger partial charge in [0.15, 0.2) is 0 Å². The van der Waals surface area contributed by atoms with Gasteiger partial charge in [-0.2, -0.15) is 0 Å². The summed E-state index contributed by atoms with van der Waals surface area (Å²) < 4.78 is 5.84. The molecule has 2 amide bonds. The summed E-state index contributed by atoms with van der Waals surface area (Å²) in [6.07, 6.45) is 6.76. The molecule has 3 aromatic rings. The molecule has 0 bridgehead atoms. The van der Waals surface area contributed by atoms with Gasteiger partial charge in [0, 0.05) is 37.3 Å². The Morgan fingerprint density at radius 3 is 2.59 bits per heavy atom. The van der Waals surface area contributed by atoms with Crippen LogP contribution in [0.1, 0.15) is 36.3 Å². The first-order chi connectivity index (χ1) is 15.7. The first-order valence-corrected chi connectivity index (χ1v) is 11.2. The molecule has 1 aliphatic carbocycles. The average Bonchev–Trinajstić information content (AvgIpc) is 3.60. The van der Waals surface area contributed by atoms with Gasteiger partial charge in [-0.3, -0.25) is 0 Å². The second-order valence-corrected chi connectivity index (χ2v) is 8.44. The molecule has 1 N–H and O–H groups in total. The number of piperidine rings is 1. The number of hydrogen-bond acceptors (Lipinski definition) is 3. The number of pyridine rings is 1. The second kappa shape index (κ2) is 9.27. The lowest BCUT2D eigenvalue weighted by Gasteiger charge is -2.28. The summed E-state index contributed by atoms with van der Waals surface area (Å²) in [5, 5.41) is 3.21. The fourth-order valence-corrected chi connectivity index (χ4v) is 4.25. The SMILES string of the molecule is O=C(N[C@H]1CC1c1ccccc1)N1CCC(=Cc2cccc(Oc3ccccn3)c2)CC1. The predicted molar refractivity (Wildman–Crippen MR) is 126 cm³/mol. The number of aromatic nitrogens is 1. The van der Waals surface area contributed by atoms with Crippen LogP contribution in [0.2, 0.25) is 0 Å². The Morgan fingerprint density at radius 2 is 1.81 bits per heavy atom. The lowest BCUT2D eigenvalue weighted by atomic mass is 10.0. The Labute approximate surface area is 188 Å². The highest BCUT2D eigenvalue weighted by Gasteiger charge is 2.40. The van der Waals surface area contributed by atoms with Crippen molar-refractivity contribution in [3.05, 3.63) is 95.7 Å². The molecule has 1 aromatic heterocycles. The standard InChI is InChI=1S/C27H27N3O2/c31-27(29-25-19-24(25)22-8-2-1-3-9-22)30-15-12-20(13-16-30)17-21-7-6-10-23(18-21)32-26-11-4-5-14-28-26/h1-11,14,17-18,24-25H,12-13,15-16,19H2,(H,29,31)/t24?,25-/m0/s1. The van der Waals surface area contributed by atoms with E-state index in [9.17, 15) is 4.79 Å². The van der Waals surface area contributed by atoms with E-state index in [0.717, 1.165) is 43.7 Å². The van der Waals surface area contributed by atoms with Crippen molar-refractivity contribution >= 4 is 12.1 Å². The molecule has 2 aromatic carbocycles. The Hall–Kier alpha value is -3.60. The van der Waals surface area contributed by atoms with Crippen LogP contribution in [-0.2, 0) is 0 Å². The minimum absolute atomic E-state index is 0.0678. The van der Waals surface area contributed by atoms with Gasteiger partial charge >= 0.3 is 6.03 Å². The maximum atomic E-state index is 12.7. The summed E-state index contributed by atoms with van der Waals surface area (Å²) in [6, 6.07) is 24.4. The first kappa shape index (κ1) is 20.3. The summed E-state index contributed by atoms with van der Waals surface area (Å²) >= 11 is 0. The monoisotopic (exact) mass is 425 g/mol. The number of ether oxygens (including phenoxy) is 1. The van der Waals surface area contributed by atoms with Gasteiger partial charge in [-0.25, -0.2) is 9.78 Å². The van der Waals surface area contributed by atoms with Crippen molar-refractivity contribution in [2.45, 2.75) is 31.2 Å². The highest BCUT2D eigenvalue weighted by molar-refractivity contribution is 5.75. The number of urea groups is 1. The highest BCUT2D eigenvalue weighted by atomic mass is 16.5. The molecular weight excluding hydrogens is 398 g/mol. The van der Waals surface area contributed by atoms with Crippen LogP contribution in [0.3, 0.4) is 0 Å². The molecule has 2 atom stereocenters. The number of rotatable bonds is 5. The van der Waals surface area contributed by atoms with Gasteiger partial charge in [-0.1, -0.05) is 60.2 Å². The van der Waals surface area contributed by atoms with E-state index in [4.69, 9.17) is 4.74 Å². The molecule has 1 unspecified atom stereocenters. The lowest BCUT2D eigenvalue weighted by Crippen LogP contribution is -2.44. The predicted octanol–water partition coefficient (Wildman–Crippen LogP) is 5.62. The molecule has 2 heterocycles. The third-order valence-electron chi connectivity index (χ3n) is 6.11. The van der Waals surface area contributed by atoms with Gasteiger partial charge in [-0.15, -0.1) is 0 Å². The van der Waals surface area contributed by atoms with Gasteiger partial charge in [-0.05, 0) is 48.6 Å². The number of carbonyl (C=O) groups excluding carboxylic acids is 1. The van der Waals surface area contributed by atoms with E-state index in [0.29, 0.717) is 11.8 Å². The smallest absolute Gasteiger partial charge is 0.317 e. The number of carbonyl (C=O) groups is 1. The van der Waals surface area contributed by atoms with E-state index >= 15 is 0 Å². The lowest BCUT2D eigenvalue weighted by molar-refractivity contribution is 0.193. The Morgan fingerprint density at radius 1 is 1.00 bits per heavy atom. The summed E-state index contributed by atoms with van der Waals surface area (Å²) in [5.41, 5.74) is 3.78. The van der Waals surface area contributed by atoms with Crippen molar-refractivity contribution < 1.29 is 9.53 Å². The van der Waals surface area contributed by atoms with Crippen LogP contribution in [-0.4, -0.2) is 35.0 Å². The molecule has 1 saturated carbocycles. The summed E-state index contributed by atoms with van der Waals surface area (Å²) in [4.78, 5) is 18.8. The molecule has 1 aliphatic heterocycles. The van der Waals surface area contributed by atoms with Gasteiger partial charge in [0.1, 0.15) is 5.75 Å². The second-order valence-electron chi connectivity index (χ2n) is 8.44. The van der Waals surface area contributed by atoms with Crippen molar-refractivity contribution in [2.24, 2.45) is 0 Å². The van der Waals surface area contributed by atoms with Crippen LogP contribution < -0.4 is 10.1 Å². The van der Waals surface area contributed by atoms with E-state index in [-0.39, 0.29) is 12.1 Å². The number of likely N-dealkylation sites (tertiary alicyclic amines) is 1. The van der Waals surface area contributed by atoms with Crippen LogP contribution in [0.4, 0.5) is 4.79 Å². The van der Waals surface area contributed by atoms with Crippen molar-refractivity contribution in [2.75, 3.05) is 13.1 Å². The molecule has 0 spiro atoms. The number of nitrogens with zero attached hydrogens (tertiary/aromatic N) is 2. The quantitative estimate of drug-likeness (QED) is 0.577. The molecule has 32 heavy (non-hydrogen) atoms. The number of amides is 2. The first-order valence-electron chi connectivity index (χ1n) is 11.2. The molecule has 5 rings (SSSR count). The van der Waals surface area contributed by atoms with Gasteiger partial charge < -0.3 is 15.0 Å². The Balaban J connectivity index is 1.13. The zero-order valence-electron chi connectivity index (χ0n) is 18.0. The van der Waals surface area contributed by atoms with Crippen LogP contribution in [0.15, 0.2) is 84.6 Å². The summed E-state index contributed by atoms with van der Waals surface area (Å²) in [6.45, 7) is 1.51. The van der Waals surface area contributed by atoms with Crippen LogP contribution >= 0.6 is 0 Å². The normalized spacial score (nSPS) is 19.9. The summed E-state index contributed by atoms with van der Waals surface area (Å²) in [7, 11) is 0. The zero-order valence-corrected chi connectivity index (χ0v) is 18.0. The Kier molecular flexibility index (Phi) is 5.88. The third-order valence-corrected chi connectivity index (χ3v) is 6.11. The van der Waals surface area contributed by atoms with Gasteiger partial charge in [0.2, 0.25) is 5.88 Å². The Bertz CT molecular complexity index is 1090. The number of hydrogen-bond donors (Lipinski definition) is 1. The zero-order chi connectivity index (χ0) is 21.8. The highest BCUT2D eigenvalue weighted by Crippen LogP contribution is 2.40. The molecular formula is C27H27N3O2. The maximum Gasteiger partial charge on any atom is 0.317 e. The van der Waals surface area contributed by atoms with Crippen LogP contribution in [0.5, 0.6) is 11.6 Å². The summed E-state index contributed by atoms with van der Waals surface area (Å²) in [5.74, 6) is 1.81. The van der Waals surface area contributed by atoms with Crippen molar-refractivity contribution in [1.29, 1.82) is 0 Å². The third kappa shape index (κ3) is 4.99. The van der Waals surface area contributed by atoms with Gasteiger partial charge in [0.05, 0.1) is 0 Å². The van der Waals surface area contributed by atoms with E-state index < -0.39 is 0 Å². The van der Waals surface area contributed by atoms with E-state index in [1.807, 2.05) is 47.4 Å². The average molecular weight is 426 g/mol. The van der Waals surface area contributed by atoms with E-state index in [2.05, 4.69) is 46.7 Å². The van der Waals surface area contributed by atoms with Crippen LogP contribution in [0, 0.1) is 0 Å². The topological polar surface area (TPSA) is 54.5 Å². The van der Waals surface area contributed by atoms with Crippen molar-refractivity contribution in [3.63, 3.8) is 0 Å². The molecule has 2 fully saturated rings. The largest absolute Gasteiger partial charge is 0.439 e.